The topological polar surface area (TPSA) is 47.3 Å². The van der Waals surface area contributed by atoms with Crippen molar-refractivity contribution in [2.24, 2.45) is 0 Å². The van der Waals surface area contributed by atoms with Crippen molar-refractivity contribution in [2.75, 3.05) is 0 Å². The van der Waals surface area contributed by atoms with E-state index in [2.05, 4.69) is 10.1 Å². The van der Waals surface area contributed by atoms with Gasteiger partial charge in [-0.15, -0.1) is 0 Å². The van der Waals surface area contributed by atoms with E-state index in [1.54, 1.807) is 22.7 Å². The van der Waals surface area contributed by atoms with Crippen molar-refractivity contribution in [1.29, 1.82) is 0 Å². The van der Waals surface area contributed by atoms with Crippen molar-refractivity contribution >= 4 is 28.7 Å². The highest BCUT2D eigenvalue weighted by atomic mass is 35.5. The van der Waals surface area contributed by atoms with Crippen LogP contribution in [-0.2, 0) is 0 Å². The van der Waals surface area contributed by atoms with Crippen LogP contribution in [0.3, 0.4) is 0 Å². The molecule has 0 saturated heterocycles. The smallest absolute Gasteiger partial charge is 0.267 e. The molecule has 2 aromatic heterocycles. The molecule has 2 aromatic carbocycles. The molecule has 4 aromatic rings. The fraction of sp³-hybridized carbons (Fsp3) is 0.136. The maximum atomic E-state index is 12.4. The molecule has 0 N–H and O–H groups in total. The average Bonchev–Trinajstić information content (AvgIpc) is 2.67. The van der Waals surface area contributed by atoms with Crippen molar-refractivity contribution in [2.45, 2.75) is 20.8 Å². The molecule has 148 valence electrons. The van der Waals surface area contributed by atoms with Crippen molar-refractivity contribution < 1.29 is 4.39 Å². The number of fused-ring (bicyclic) bond motifs is 1. The molecular weight excluding hydrogens is 412 g/mol. The normalized spacial score (nSPS) is 10.6. The van der Waals surface area contributed by atoms with Crippen LogP contribution in [-0.4, -0.2) is 14.6 Å². The standard InChI is InChI=1S/C15H12ClN3O.C7H6ClF/c1-9-4-3-5-11(16)13(9)14-12-7-6-10(2)18-19(12)8-17-15(14)20;1-5-2-3-7(9)6(8)4-5/h3-8H,1-2H3;2-4H,1H3. The number of halogens is 3. The summed E-state index contributed by atoms with van der Waals surface area (Å²) in [5, 5.41) is 5.06. The van der Waals surface area contributed by atoms with E-state index in [1.165, 1.54) is 12.4 Å². The highest BCUT2D eigenvalue weighted by Gasteiger charge is 2.15. The predicted molar refractivity (Wildman–Crippen MR) is 115 cm³/mol. The largest absolute Gasteiger partial charge is 0.281 e. The molecular formula is C22H18Cl2FN3O. The number of benzene rings is 2. The molecule has 0 unspecified atom stereocenters. The van der Waals surface area contributed by atoms with E-state index in [-0.39, 0.29) is 16.4 Å². The number of aromatic nitrogens is 3. The van der Waals surface area contributed by atoms with E-state index in [4.69, 9.17) is 23.2 Å². The van der Waals surface area contributed by atoms with Crippen LogP contribution in [0, 0.1) is 26.6 Å². The lowest BCUT2D eigenvalue weighted by atomic mass is 10.0. The Balaban J connectivity index is 0.000000224. The van der Waals surface area contributed by atoms with E-state index >= 15 is 0 Å². The Labute approximate surface area is 177 Å². The summed E-state index contributed by atoms with van der Waals surface area (Å²) < 4.78 is 14.0. The second kappa shape index (κ2) is 8.72. The third kappa shape index (κ3) is 4.63. The molecule has 0 aliphatic carbocycles. The zero-order chi connectivity index (χ0) is 21.1. The Kier molecular flexibility index (Phi) is 6.30. The van der Waals surface area contributed by atoms with Crippen LogP contribution in [0.1, 0.15) is 16.8 Å². The third-order valence-corrected chi connectivity index (χ3v) is 4.90. The molecule has 0 atom stereocenters. The Hall–Kier alpha value is -2.76. The second-order valence-corrected chi connectivity index (χ2v) is 7.39. The lowest BCUT2D eigenvalue weighted by Gasteiger charge is -2.10. The van der Waals surface area contributed by atoms with Gasteiger partial charge >= 0.3 is 0 Å². The molecule has 0 amide bonds. The fourth-order valence-electron chi connectivity index (χ4n) is 2.88. The minimum atomic E-state index is -0.359. The summed E-state index contributed by atoms with van der Waals surface area (Å²) in [6, 6.07) is 13.9. The van der Waals surface area contributed by atoms with Crippen LogP contribution in [0.4, 0.5) is 4.39 Å². The minimum absolute atomic E-state index is 0.190. The molecule has 0 radical (unpaired) electrons. The van der Waals surface area contributed by atoms with E-state index in [9.17, 15) is 9.18 Å². The molecule has 0 bridgehead atoms. The number of nitrogens with zero attached hydrogens (tertiary/aromatic N) is 3. The van der Waals surface area contributed by atoms with Crippen LogP contribution >= 0.6 is 23.2 Å². The van der Waals surface area contributed by atoms with Crippen LogP contribution in [0.2, 0.25) is 10.0 Å². The first kappa shape index (κ1) is 21.0. The van der Waals surface area contributed by atoms with Gasteiger partial charge in [-0.2, -0.15) is 10.1 Å². The Morgan fingerprint density at radius 3 is 2.34 bits per heavy atom. The number of aryl methyl sites for hydroxylation is 3. The first-order chi connectivity index (χ1) is 13.8. The zero-order valence-corrected chi connectivity index (χ0v) is 17.6. The van der Waals surface area contributed by atoms with Gasteiger partial charge in [-0.05, 0) is 62.2 Å². The Morgan fingerprint density at radius 1 is 0.931 bits per heavy atom. The van der Waals surface area contributed by atoms with Gasteiger partial charge in [-0.3, -0.25) is 4.79 Å². The number of hydrogen-bond acceptors (Lipinski definition) is 3. The van der Waals surface area contributed by atoms with Gasteiger partial charge in [0.1, 0.15) is 12.1 Å². The van der Waals surface area contributed by atoms with Gasteiger partial charge in [-0.25, -0.2) is 8.91 Å². The van der Waals surface area contributed by atoms with Gasteiger partial charge in [0.2, 0.25) is 0 Å². The molecule has 7 heteroatoms. The summed E-state index contributed by atoms with van der Waals surface area (Å²) >= 11 is 11.7. The lowest BCUT2D eigenvalue weighted by molar-refractivity contribution is 0.628. The van der Waals surface area contributed by atoms with Crippen molar-refractivity contribution in [3.8, 4) is 11.1 Å². The van der Waals surface area contributed by atoms with Crippen LogP contribution < -0.4 is 5.56 Å². The highest BCUT2D eigenvalue weighted by Crippen LogP contribution is 2.31. The van der Waals surface area contributed by atoms with Crippen LogP contribution in [0.25, 0.3) is 16.6 Å². The van der Waals surface area contributed by atoms with Gasteiger partial charge < -0.3 is 0 Å². The van der Waals surface area contributed by atoms with Crippen LogP contribution in [0.15, 0.2) is 59.7 Å². The molecule has 29 heavy (non-hydrogen) atoms. The molecule has 0 aliphatic rings. The third-order valence-electron chi connectivity index (χ3n) is 4.30. The molecule has 2 heterocycles. The first-order valence-electron chi connectivity index (χ1n) is 8.80. The molecule has 4 nitrogen and oxygen atoms in total. The van der Waals surface area contributed by atoms with Crippen molar-refractivity contribution in [3.05, 3.63) is 97.9 Å². The summed E-state index contributed by atoms with van der Waals surface area (Å²) in [6.07, 6.45) is 1.43. The van der Waals surface area contributed by atoms with Crippen molar-refractivity contribution in [3.63, 3.8) is 0 Å². The summed E-state index contributed by atoms with van der Waals surface area (Å²) in [6.45, 7) is 5.68. The summed E-state index contributed by atoms with van der Waals surface area (Å²) in [5.41, 5.74) is 4.37. The summed E-state index contributed by atoms with van der Waals surface area (Å²) in [4.78, 5) is 16.1. The highest BCUT2D eigenvalue weighted by molar-refractivity contribution is 6.33. The van der Waals surface area contributed by atoms with E-state index in [0.29, 0.717) is 16.1 Å². The van der Waals surface area contributed by atoms with Crippen molar-refractivity contribution in [1.82, 2.24) is 14.6 Å². The van der Waals surface area contributed by atoms with Gasteiger partial charge in [0, 0.05) is 10.6 Å². The first-order valence-corrected chi connectivity index (χ1v) is 9.56. The van der Waals surface area contributed by atoms with E-state index < -0.39 is 0 Å². The predicted octanol–water partition coefficient (Wildman–Crippen LogP) is 5.81. The molecule has 0 spiro atoms. The molecule has 0 aliphatic heterocycles. The maximum Gasteiger partial charge on any atom is 0.281 e. The van der Waals surface area contributed by atoms with Gasteiger partial charge in [-0.1, -0.05) is 41.4 Å². The molecule has 4 rings (SSSR count). The maximum absolute atomic E-state index is 12.4. The lowest BCUT2D eigenvalue weighted by Crippen LogP contribution is -2.14. The Bertz CT molecular complexity index is 1230. The van der Waals surface area contributed by atoms with Gasteiger partial charge in [0.15, 0.2) is 0 Å². The number of hydrogen-bond donors (Lipinski definition) is 0. The second-order valence-electron chi connectivity index (χ2n) is 6.58. The number of rotatable bonds is 1. The van der Waals surface area contributed by atoms with Crippen LogP contribution in [0.5, 0.6) is 0 Å². The summed E-state index contributed by atoms with van der Waals surface area (Å²) in [7, 11) is 0. The molecule has 0 fully saturated rings. The quantitative estimate of drug-likeness (QED) is 0.383. The SMILES string of the molecule is Cc1ccc(F)c(Cl)c1.Cc1ccc2c(-c3c(C)cccc3Cl)c(=O)ncn2n1. The molecule has 0 saturated carbocycles. The minimum Gasteiger partial charge on any atom is -0.267 e. The average molecular weight is 430 g/mol. The van der Waals surface area contributed by atoms with E-state index in [0.717, 1.165) is 22.4 Å². The Morgan fingerprint density at radius 2 is 1.69 bits per heavy atom. The monoisotopic (exact) mass is 429 g/mol. The fourth-order valence-corrected chi connectivity index (χ4v) is 3.44. The zero-order valence-electron chi connectivity index (χ0n) is 16.1. The van der Waals surface area contributed by atoms with Gasteiger partial charge in [0.05, 0.1) is 21.8 Å². The van der Waals surface area contributed by atoms with Gasteiger partial charge in [0.25, 0.3) is 5.56 Å². The van der Waals surface area contributed by atoms with E-state index in [1.807, 2.05) is 45.0 Å². The summed E-state index contributed by atoms with van der Waals surface area (Å²) in [5.74, 6) is -0.359.